The third kappa shape index (κ3) is 4.43. The minimum absolute atomic E-state index is 0.322. The molecule has 1 heterocycles. The molecule has 1 fully saturated rings. The van der Waals surface area contributed by atoms with E-state index in [2.05, 4.69) is 11.8 Å². The van der Waals surface area contributed by atoms with Crippen LogP contribution in [0.2, 0.25) is 0 Å². The van der Waals surface area contributed by atoms with Crippen molar-refractivity contribution in [3.05, 3.63) is 0 Å². The molecule has 0 radical (unpaired) electrons. The number of hydrogen-bond acceptors (Lipinski definition) is 2. The Labute approximate surface area is 86.0 Å². The highest BCUT2D eigenvalue weighted by atomic mass is 16.5. The predicted molar refractivity (Wildman–Crippen MR) is 55.9 cm³/mol. The first-order valence-electron chi connectivity index (χ1n) is 5.36. The van der Waals surface area contributed by atoms with Gasteiger partial charge in [-0.15, -0.1) is 11.8 Å². The predicted octanol–water partition coefficient (Wildman–Crippen LogP) is 2.32. The maximum atomic E-state index is 11.4. The number of carbonyl (C=O) groups excluding carboxylic acids is 1. The van der Waals surface area contributed by atoms with E-state index in [0.717, 1.165) is 25.9 Å². The quantitative estimate of drug-likeness (QED) is 0.628. The molecule has 14 heavy (non-hydrogen) atoms. The van der Waals surface area contributed by atoms with Crippen LogP contribution in [0.1, 0.15) is 45.4 Å². The fourth-order valence-corrected chi connectivity index (χ4v) is 1.65. The van der Waals surface area contributed by atoms with E-state index in [1.807, 2.05) is 0 Å². The lowest BCUT2D eigenvalue weighted by Crippen LogP contribution is -2.08. The van der Waals surface area contributed by atoms with E-state index >= 15 is 0 Å². The van der Waals surface area contributed by atoms with Gasteiger partial charge in [0.05, 0.1) is 6.10 Å². The summed E-state index contributed by atoms with van der Waals surface area (Å²) in [5.74, 6) is 6.02. The van der Waals surface area contributed by atoms with Gasteiger partial charge in [0.1, 0.15) is 5.78 Å². The molecular formula is C12H18O2. The molecule has 1 atom stereocenters. The second kappa shape index (κ2) is 6.62. The van der Waals surface area contributed by atoms with E-state index < -0.39 is 0 Å². The van der Waals surface area contributed by atoms with Crippen LogP contribution in [0.3, 0.4) is 0 Å². The van der Waals surface area contributed by atoms with Crippen LogP contribution in [0.15, 0.2) is 0 Å². The van der Waals surface area contributed by atoms with Crippen molar-refractivity contribution in [2.75, 3.05) is 6.61 Å². The minimum atomic E-state index is 0.322. The zero-order valence-electron chi connectivity index (χ0n) is 8.84. The molecular weight excluding hydrogens is 176 g/mol. The summed E-state index contributed by atoms with van der Waals surface area (Å²) in [6, 6.07) is 0. The first-order chi connectivity index (χ1) is 6.83. The second-order valence-electron chi connectivity index (χ2n) is 3.64. The van der Waals surface area contributed by atoms with Crippen molar-refractivity contribution in [2.45, 2.75) is 51.6 Å². The third-order valence-corrected chi connectivity index (χ3v) is 2.47. The Morgan fingerprint density at radius 2 is 2.36 bits per heavy atom. The van der Waals surface area contributed by atoms with Crippen LogP contribution in [-0.2, 0) is 9.53 Å². The Bertz CT molecular complexity index is 228. The molecule has 1 aliphatic rings. The van der Waals surface area contributed by atoms with Crippen LogP contribution >= 0.6 is 0 Å². The van der Waals surface area contributed by atoms with Gasteiger partial charge >= 0.3 is 0 Å². The summed E-state index contributed by atoms with van der Waals surface area (Å²) in [4.78, 5) is 11.4. The molecule has 0 aromatic carbocycles. The zero-order chi connectivity index (χ0) is 10.2. The maximum Gasteiger partial charge on any atom is 0.133 e. The summed E-state index contributed by atoms with van der Waals surface area (Å²) in [5.41, 5.74) is 0. The first-order valence-corrected chi connectivity index (χ1v) is 5.36. The molecule has 0 amide bonds. The molecule has 1 saturated heterocycles. The Balaban J connectivity index is 2.04. The number of carbonyl (C=O) groups is 1. The highest BCUT2D eigenvalue weighted by Crippen LogP contribution is 2.17. The number of rotatable bonds is 5. The molecule has 2 heteroatoms. The molecule has 0 aromatic heterocycles. The lowest BCUT2D eigenvalue weighted by molar-refractivity contribution is -0.119. The average Bonchev–Trinajstić information content (AvgIpc) is 2.68. The summed E-state index contributed by atoms with van der Waals surface area (Å²) in [6.07, 6.45) is 5.50. The fourth-order valence-electron chi connectivity index (χ4n) is 1.65. The normalized spacial score (nSPS) is 20.2. The molecule has 1 unspecified atom stereocenters. The molecule has 78 valence electrons. The molecule has 2 nitrogen and oxygen atoms in total. The second-order valence-corrected chi connectivity index (χ2v) is 3.64. The Hall–Kier alpha value is -0.810. The Morgan fingerprint density at radius 1 is 1.50 bits per heavy atom. The van der Waals surface area contributed by atoms with Crippen LogP contribution in [0.5, 0.6) is 0 Å². The third-order valence-electron chi connectivity index (χ3n) is 2.47. The van der Waals surface area contributed by atoms with Crippen LogP contribution < -0.4 is 0 Å². The number of Topliss-reactive ketones (excluding diaryl/α,β-unsaturated/α-hetero) is 1. The molecule has 0 aromatic rings. The van der Waals surface area contributed by atoms with Gasteiger partial charge < -0.3 is 4.74 Å². The van der Waals surface area contributed by atoms with Crippen molar-refractivity contribution >= 4 is 5.78 Å². The van der Waals surface area contributed by atoms with Crippen molar-refractivity contribution < 1.29 is 9.53 Å². The monoisotopic (exact) mass is 194 g/mol. The van der Waals surface area contributed by atoms with Gasteiger partial charge in [0.25, 0.3) is 0 Å². The SMILES string of the molecule is CC#CCCC(=O)CCC1CCCO1. The van der Waals surface area contributed by atoms with E-state index in [9.17, 15) is 4.79 Å². The fraction of sp³-hybridized carbons (Fsp3) is 0.750. The van der Waals surface area contributed by atoms with E-state index in [0.29, 0.717) is 31.1 Å². The molecule has 1 rings (SSSR count). The van der Waals surface area contributed by atoms with Gasteiger partial charge in [-0.3, -0.25) is 4.79 Å². The highest BCUT2D eigenvalue weighted by Gasteiger charge is 2.16. The van der Waals surface area contributed by atoms with E-state index in [1.165, 1.54) is 0 Å². The van der Waals surface area contributed by atoms with Gasteiger partial charge in [-0.05, 0) is 26.2 Å². The van der Waals surface area contributed by atoms with Crippen molar-refractivity contribution in [2.24, 2.45) is 0 Å². The molecule has 0 spiro atoms. The molecule has 0 saturated carbocycles. The summed E-state index contributed by atoms with van der Waals surface area (Å²) < 4.78 is 5.45. The highest BCUT2D eigenvalue weighted by molar-refractivity contribution is 5.78. The molecule has 0 bridgehead atoms. The Kier molecular flexibility index (Phi) is 5.32. The molecule has 1 aliphatic heterocycles. The van der Waals surface area contributed by atoms with Gasteiger partial charge in [0.2, 0.25) is 0 Å². The van der Waals surface area contributed by atoms with Gasteiger partial charge in [0.15, 0.2) is 0 Å². The number of hydrogen-bond donors (Lipinski definition) is 0. The van der Waals surface area contributed by atoms with Crippen molar-refractivity contribution in [1.29, 1.82) is 0 Å². The van der Waals surface area contributed by atoms with Crippen molar-refractivity contribution in [1.82, 2.24) is 0 Å². The molecule has 0 N–H and O–H groups in total. The van der Waals surface area contributed by atoms with Gasteiger partial charge in [-0.2, -0.15) is 0 Å². The summed E-state index contributed by atoms with van der Waals surface area (Å²) in [5, 5.41) is 0. The Morgan fingerprint density at radius 3 is 3.00 bits per heavy atom. The van der Waals surface area contributed by atoms with Crippen molar-refractivity contribution in [3.63, 3.8) is 0 Å². The number of ketones is 1. The van der Waals surface area contributed by atoms with Crippen LogP contribution in [-0.4, -0.2) is 18.5 Å². The lowest BCUT2D eigenvalue weighted by Gasteiger charge is -2.07. The van der Waals surface area contributed by atoms with E-state index in [1.54, 1.807) is 6.92 Å². The van der Waals surface area contributed by atoms with Crippen molar-refractivity contribution in [3.8, 4) is 11.8 Å². The van der Waals surface area contributed by atoms with Crippen LogP contribution in [0.25, 0.3) is 0 Å². The number of ether oxygens (including phenoxy) is 1. The summed E-state index contributed by atoms with van der Waals surface area (Å²) in [6.45, 7) is 2.68. The molecule has 0 aliphatic carbocycles. The summed E-state index contributed by atoms with van der Waals surface area (Å²) in [7, 11) is 0. The van der Waals surface area contributed by atoms with E-state index in [-0.39, 0.29) is 0 Å². The average molecular weight is 194 g/mol. The lowest BCUT2D eigenvalue weighted by atomic mass is 10.1. The van der Waals surface area contributed by atoms with Gasteiger partial charge in [-0.1, -0.05) is 0 Å². The largest absolute Gasteiger partial charge is 0.378 e. The van der Waals surface area contributed by atoms with Gasteiger partial charge in [0, 0.05) is 25.9 Å². The van der Waals surface area contributed by atoms with Gasteiger partial charge in [-0.25, -0.2) is 0 Å². The summed E-state index contributed by atoms with van der Waals surface area (Å²) >= 11 is 0. The van der Waals surface area contributed by atoms with E-state index in [4.69, 9.17) is 4.74 Å². The van der Waals surface area contributed by atoms with Crippen LogP contribution in [0, 0.1) is 11.8 Å². The minimum Gasteiger partial charge on any atom is -0.378 e. The topological polar surface area (TPSA) is 26.3 Å². The van der Waals surface area contributed by atoms with Crippen LogP contribution in [0.4, 0.5) is 0 Å². The smallest absolute Gasteiger partial charge is 0.133 e. The standard InChI is InChI=1S/C12H18O2/c1-2-3-4-6-11(13)8-9-12-7-5-10-14-12/h12H,4-10H2,1H3. The maximum absolute atomic E-state index is 11.4. The first kappa shape index (κ1) is 11.3. The zero-order valence-corrected chi connectivity index (χ0v) is 8.84.